The number of hydrogen-bond acceptors (Lipinski definition) is 4. The quantitative estimate of drug-likeness (QED) is 0.724. The van der Waals surface area contributed by atoms with Gasteiger partial charge in [-0.15, -0.1) is 5.06 Å². The van der Waals surface area contributed by atoms with Gasteiger partial charge in [0.25, 0.3) is 0 Å². The van der Waals surface area contributed by atoms with Gasteiger partial charge < -0.3 is 4.84 Å². The van der Waals surface area contributed by atoms with Gasteiger partial charge in [0, 0.05) is 25.0 Å². The Kier molecular flexibility index (Phi) is 3.09. The first kappa shape index (κ1) is 13.0. The van der Waals surface area contributed by atoms with Gasteiger partial charge in [-0.2, -0.15) is 0 Å². The van der Waals surface area contributed by atoms with Crippen molar-refractivity contribution in [3.63, 3.8) is 0 Å². The third kappa shape index (κ3) is 2.23. The molecule has 4 nitrogen and oxygen atoms in total. The minimum absolute atomic E-state index is 0.135. The molecule has 2 heterocycles. The fourth-order valence-corrected chi connectivity index (χ4v) is 2.67. The SMILES string of the molecule is CN1OC(c2ccc3ccccc3c2)=NC1c1ccncc1. The van der Waals surface area contributed by atoms with Gasteiger partial charge in [0.1, 0.15) is 0 Å². The molecular weight excluding hydrogens is 274 g/mol. The minimum atomic E-state index is -0.135. The number of aromatic nitrogens is 1. The Labute approximate surface area is 128 Å². The Morgan fingerprint density at radius 3 is 2.55 bits per heavy atom. The molecule has 4 heteroatoms. The van der Waals surface area contributed by atoms with Crippen LogP contribution in [0.2, 0.25) is 0 Å². The van der Waals surface area contributed by atoms with Gasteiger partial charge in [0.2, 0.25) is 5.90 Å². The molecule has 0 bridgehead atoms. The molecule has 4 rings (SSSR count). The van der Waals surface area contributed by atoms with E-state index >= 15 is 0 Å². The second-order valence-electron chi connectivity index (χ2n) is 5.29. The van der Waals surface area contributed by atoms with Gasteiger partial charge in [-0.1, -0.05) is 30.3 Å². The zero-order valence-electron chi connectivity index (χ0n) is 12.2. The highest BCUT2D eigenvalue weighted by Crippen LogP contribution is 2.28. The molecule has 22 heavy (non-hydrogen) atoms. The van der Waals surface area contributed by atoms with Crippen LogP contribution < -0.4 is 0 Å². The summed E-state index contributed by atoms with van der Waals surface area (Å²) >= 11 is 0. The highest BCUT2D eigenvalue weighted by molar-refractivity contribution is 5.99. The number of hydrogen-bond donors (Lipinski definition) is 0. The van der Waals surface area contributed by atoms with Crippen LogP contribution in [0.3, 0.4) is 0 Å². The predicted octanol–water partition coefficient (Wildman–Crippen LogP) is 3.56. The monoisotopic (exact) mass is 289 g/mol. The van der Waals surface area contributed by atoms with Gasteiger partial charge >= 0.3 is 0 Å². The van der Waals surface area contributed by atoms with Crippen molar-refractivity contribution >= 4 is 16.7 Å². The lowest BCUT2D eigenvalue weighted by atomic mass is 10.1. The Bertz CT molecular complexity index is 845. The molecular formula is C18H15N3O. The molecule has 0 N–H and O–H groups in total. The van der Waals surface area contributed by atoms with Crippen LogP contribution >= 0.6 is 0 Å². The molecule has 0 amide bonds. The standard InChI is InChI=1S/C18H15N3O/c1-21-17(14-8-10-19-11-9-14)20-18(22-21)16-7-6-13-4-2-3-5-15(13)12-16/h2-12,17H,1H3. The molecule has 108 valence electrons. The number of fused-ring (bicyclic) bond motifs is 1. The molecule has 0 spiro atoms. The van der Waals surface area contributed by atoms with Crippen molar-refractivity contribution in [2.45, 2.75) is 6.17 Å². The van der Waals surface area contributed by atoms with E-state index in [0.29, 0.717) is 5.90 Å². The van der Waals surface area contributed by atoms with Gasteiger partial charge in [-0.05, 0) is 40.6 Å². The number of hydroxylamine groups is 2. The first-order chi connectivity index (χ1) is 10.8. The molecule has 0 aliphatic carbocycles. The number of rotatable bonds is 2. The summed E-state index contributed by atoms with van der Waals surface area (Å²) in [5.41, 5.74) is 2.05. The average Bonchev–Trinajstić information content (AvgIpc) is 2.97. The highest BCUT2D eigenvalue weighted by Gasteiger charge is 2.27. The first-order valence-electron chi connectivity index (χ1n) is 7.19. The summed E-state index contributed by atoms with van der Waals surface area (Å²) in [6.45, 7) is 0. The van der Waals surface area contributed by atoms with E-state index in [4.69, 9.17) is 9.83 Å². The van der Waals surface area contributed by atoms with Gasteiger partial charge in [-0.3, -0.25) is 4.98 Å². The molecule has 2 aromatic carbocycles. The van der Waals surface area contributed by atoms with Crippen molar-refractivity contribution in [2.75, 3.05) is 7.05 Å². The van der Waals surface area contributed by atoms with Crippen molar-refractivity contribution in [3.8, 4) is 0 Å². The van der Waals surface area contributed by atoms with E-state index < -0.39 is 0 Å². The van der Waals surface area contributed by atoms with E-state index in [1.807, 2.05) is 37.4 Å². The average molecular weight is 289 g/mol. The number of aliphatic imine (C=N–C) groups is 1. The molecule has 1 unspecified atom stereocenters. The lowest BCUT2D eigenvalue weighted by Crippen LogP contribution is -2.19. The van der Waals surface area contributed by atoms with Crippen LogP contribution in [-0.2, 0) is 4.84 Å². The zero-order valence-corrected chi connectivity index (χ0v) is 12.2. The van der Waals surface area contributed by atoms with E-state index in [0.717, 1.165) is 11.1 Å². The van der Waals surface area contributed by atoms with E-state index in [2.05, 4.69) is 29.2 Å². The van der Waals surface area contributed by atoms with E-state index in [1.54, 1.807) is 17.5 Å². The summed E-state index contributed by atoms with van der Waals surface area (Å²) in [6, 6.07) is 18.4. The Hall–Kier alpha value is -2.72. The van der Waals surface area contributed by atoms with Crippen LogP contribution in [-0.4, -0.2) is 23.0 Å². The first-order valence-corrected chi connectivity index (χ1v) is 7.19. The van der Waals surface area contributed by atoms with Crippen LogP contribution in [0.4, 0.5) is 0 Å². The summed E-state index contributed by atoms with van der Waals surface area (Å²) in [7, 11) is 1.89. The lowest BCUT2D eigenvalue weighted by Gasteiger charge is -2.15. The smallest absolute Gasteiger partial charge is 0.243 e. The summed E-state index contributed by atoms with van der Waals surface area (Å²) in [5, 5.41) is 4.16. The van der Waals surface area contributed by atoms with E-state index in [-0.39, 0.29) is 6.17 Å². The molecule has 3 aromatic rings. The predicted molar refractivity (Wildman–Crippen MR) is 86.3 cm³/mol. The van der Waals surface area contributed by atoms with Crippen molar-refractivity contribution in [1.29, 1.82) is 0 Å². The van der Waals surface area contributed by atoms with Crippen molar-refractivity contribution < 1.29 is 4.84 Å². The maximum atomic E-state index is 5.83. The van der Waals surface area contributed by atoms with Crippen LogP contribution in [0.1, 0.15) is 17.3 Å². The van der Waals surface area contributed by atoms with Crippen LogP contribution in [0, 0.1) is 0 Å². The second-order valence-corrected chi connectivity index (χ2v) is 5.29. The summed E-state index contributed by atoms with van der Waals surface area (Å²) in [4.78, 5) is 14.6. The van der Waals surface area contributed by atoms with Crippen molar-refractivity contribution in [2.24, 2.45) is 4.99 Å². The van der Waals surface area contributed by atoms with Crippen molar-refractivity contribution in [3.05, 3.63) is 78.1 Å². The van der Waals surface area contributed by atoms with Gasteiger partial charge in [0.05, 0.1) is 0 Å². The normalized spacial score (nSPS) is 18.2. The molecule has 0 saturated heterocycles. The van der Waals surface area contributed by atoms with Crippen LogP contribution in [0.5, 0.6) is 0 Å². The number of nitrogens with zero attached hydrogens (tertiary/aromatic N) is 3. The zero-order chi connectivity index (χ0) is 14.9. The van der Waals surface area contributed by atoms with Gasteiger partial charge in [0.15, 0.2) is 6.17 Å². The molecule has 1 aliphatic rings. The molecule has 0 radical (unpaired) electrons. The molecule has 0 fully saturated rings. The Morgan fingerprint density at radius 2 is 1.73 bits per heavy atom. The summed E-state index contributed by atoms with van der Waals surface area (Å²) in [5.74, 6) is 0.648. The molecule has 0 saturated carbocycles. The van der Waals surface area contributed by atoms with E-state index in [9.17, 15) is 0 Å². The maximum absolute atomic E-state index is 5.83. The lowest BCUT2D eigenvalue weighted by molar-refractivity contribution is -0.0571. The molecule has 1 aromatic heterocycles. The summed E-state index contributed by atoms with van der Waals surface area (Å²) in [6.07, 6.45) is 3.41. The minimum Gasteiger partial charge on any atom is -0.383 e. The number of pyridine rings is 1. The topological polar surface area (TPSA) is 37.7 Å². The van der Waals surface area contributed by atoms with Crippen LogP contribution in [0.15, 0.2) is 72.0 Å². The Morgan fingerprint density at radius 1 is 0.955 bits per heavy atom. The number of benzene rings is 2. The Balaban J connectivity index is 1.72. The fraction of sp³-hybridized carbons (Fsp3) is 0.111. The van der Waals surface area contributed by atoms with Gasteiger partial charge in [-0.25, -0.2) is 4.99 Å². The summed E-state index contributed by atoms with van der Waals surface area (Å²) < 4.78 is 0. The second kappa shape index (κ2) is 5.24. The maximum Gasteiger partial charge on any atom is 0.243 e. The third-order valence-corrected chi connectivity index (χ3v) is 3.82. The molecule has 1 aliphatic heterocycles. The third-order valence-electron chi connectivity index (χ3n) is 3.82. The van der Waals surface area contributed by atoms with Crippen molar-refractivity contribution in [1.82, 2.24) is 10.0 Å². The largest absolute Gasteiger partial charge is 0.383 e. The van der Waals surface area contributed by atoms with Crippen LogP contribution in [0.25, 0.3) is 10.8 Å². The van der Waals surface area contributed by atoms with E-state index in [1.165, 1.54) is 10.8 Å². The highest BCUT2D eigenvalue weighted by atomic mass is 16.7. The molecule has 1 atom stereocenters. The fourth-order valence-electron chi connectivity index (χ4n) is 2.67.